The van der Waals surface area contributed by atoms with Crippen LogP contribution in [0.25, 0.3) is 0 Å². The van der Waals surface area contributed by atoms with E-state index in [2.05, 4.69) is 17.7 Å². The van der Waals surface area contributed by atoms with Gasteiger partial charge in [0.15, 0.2) is 0 Å². The second-order valence-corrected chi connectivity index (χ2v) is 5.31. The van der Waals surface area contributed by atoms with E-state index < -0.39 is 0 Å². The second kappa shape index (κ2) is 4.63. The van der Waals surface area contributed by atoms with Gasteiger partial charge in [0.05, 0.1) is 0 Å². The Morgan fingerprint density at radius 1 is 1.14 bits per heavy atom. The van der Waals surface area contributed by atoms with Gasteiger partial charge in [-0.3, -0.25) is 0 Å². The van der Waals surface area contributed by atoms with E-state index in [4.69, 9.17) is 0 Å². The van der Waals surface area contributed by atoms with Crippen LogP contribution in [0.2, 0.25) is 0 Å². The van der Waals surface area contributed by atoms with Crippen molar-refractivity contribution < 1.29 is 0 Å². The summed E-state index contributed by atoms with van der Waals surface area (Å²) in [6.07, 6.45) is 8.68. The van der Waals surface area contributed by atoms with Crippen molar-refractivity contribution in [1.29, 1.82) is 0 Å². The highest BCUT2D eigenvalue weighted by Crippen LogP contribution is 2.39. The van der Waals surface area contributed by atoms with Gasteiger partial charge in [0.25, 0.3) is 0 Å². The highest BCUT2D eigenvalue weighted by molar-refractivity contribution is 4.91. The topological polar surface area (TPSA) is 24.1 Å². The van der Waals surface area contributed by atoms with Crippen LogP contribution in [0, 0.1) is 11.3 Å². The molecule has 14 heavy (non-hydrogen) atoms. The fourth-order valence-corrected chi connectivity index (χ4v) is 2.71. The van der Waals surface area contributed by atoms with E-state index in [1.165, 1.54) is 58.2 Å². The zero-order valence-corrected chi connectivity index (χ0v) is 9.44. The van der Waals surface area contributed by atoms with Gasteiger partial charge in [0.2, 0.25) is 0 Å². The molecule has 0 radical (unpaired) electrons. The van der Waals surface area contributed by atoms with Crippen molar-refractivity contribution in [2.24, 2.45) is 11.3 Å². The second-order valence-electron chi connectivity index (χ2n) is 5.31. The first kappa shape index (κ1) is 10.4. The first-order chi connectivity index (χ1) is 6.85. The monoisotopic (exact) mass is 196 g/mol. The number of rotatable bonds is 6. The van der Waals surface area contributed by atoms with Crippen LogP contribution < -0.4 is 10.6 Å². The Labute approximate surface area is 87.8 Å². The molecule has 2 rings (SSSR count). The molecule has 0 bridgehead atoms. The fraction of sp³-hybridized carbons (Fsp3) is 1.00. The Kier molecular flexibility index (Phi) is 3.45. The predicted octanol–water partition coefficient (Wildman–Crippen LogP) is 1.77. The summed E-state index contributed by atoms with van der Waals surface area (Å²) in [6.45, 7) is 3.71. The van der Waals surface area contributed by atoms with E-state index in [9.17, 15) is 0 Å². The molecule has 0 aromatic rings. The molecule has 0 aromatic heterocycles. The molecule has 2 heteroatoms. The van der Waals surface area contributed by atoms with Gasteiger partial charge in [-0.15, -0.1) is 0 Å². The van der Waals surface area contributed by atoms with Gasteiger partial charge in [-0.05, 0) is 50.6 Å². The molecule has 2 N–H and O–H groups in total. The third-order valence-corrected chi connectivity index (χ3v) is 4.12. The SMILES string of the molecule is CNCC1(CNCC2CCC2)CCC1. The smallest absolute Gasteiger partial charge is 0.00201 e. The van der Waals surface area contributed by atoms with Crippen LogP contribution in [-0.4, -0.2) is 26.7 Å². The number of hydrogen-bond acceptors (Lipinski definition) is 2. The molecule has 2 aliphatic rings. The molecule has 0 unspecified atom stereocenters. The lowest BCUT2D eigenvalue weighted by Gasteiger charge is -2.42. The summed E-state index contributed by atoms with van der Waals surface area (Å²) in [4.78, 5) is 0. The first-order valence-corrected chi connectivity index (χ1v) is 6.20. The maximum atomic E-state index is 3.67. The summed E-state index contributed by atoms with van der Waals surface area (Å²) in [5.74, 6) is 1.00. The zero-order valence-electron chi connectivity index (χ0n) is 9.44. The Morgan fingerprint density at radius 2 is 1.93 bits per heavy atom. The largest absolute Gasteiger partial charge is 0.319 e. The van der Waals surface area contributed by atoms with Crippen molar-refractivity contribution in [3.8, 4) is 0 Å². The molecule has 2 fully saturated rings. The standard InChI is InChI=1S/C12H24N2/c1-13-9-12(6-3-7-12)10-14-8-11-4-2-5-11/h11,13-14H,2-10H2,1H3. The van der Waals surface area contributed by atoms with Crippen molar-refractivity contribution >= 4 is 0 Å². The Balaban J connectivity index is 1.61. The summed E-state index contributed by atoms with van der Waals surface area (Å²) in [5, 5.41) is 7.01. The Bertz CT molecular complexity index is 171. The minimum Gasteiger partial charge on any atom is -0.319 e. The molecule has 0 saturated heterocycles. The van der Waals surface area contributed by atoms with Gasteiger partial charge in [0.1, 0.15) is 0 Å². The average Bonchev–Trinajstić information content (AvgIpc) is 2.04. The molecule has 0 heterocycles. The molecule has 0 atom stereocenters. The van der Waals surface area contributed by atoms with Crippen molar-refractivity contribution in [1.82, 2.24) is 10.6 Å². The van der Waals surface area contributed by atoms with E-state index in [0.29, 0.717) is 5.41 Å². The van der Waals surface area contributed by atoms with Gasteiger partial charge in [-0.25, -0.2) is 0 Å². The molecule has 0 spiro atoms. The third kappa shape index (κ3) is 2.29. The number of hydrogen-bond donors (Lipinski definition) is 2. The van der Waals surface area contributed by atoms with E-state index >= 15 is 0 Å². The molecule has 2 nitrogen and oxygen atoms in total. The van der Waals surface area contributed by atoms with Gasteiger partial charge < -0.3 is 10.6 Å². The van der Waals surface area contributed by atoms with E-state index in [1.54, 1.807) is 0 Å². The molecule has 0 aliphatic heterocycles. The Morgan fingerprint density at radius 3 is 2.36 bits per heavy atom. The third-order valence-electron chi connectivity index (χ3n) is 4.12. The predicted molar refractivity (Wildman–Crippen MR) is 60.4 cm³/mol. The summed E-state index contributed by atoms with van der Waals surface area (Å²) >= 11 is 0. The van der Waals surface area contributed by atoms with Gasteiger partial charge in [-0.1, -0.05) is 12.8 Å². The van der Waals surface area contributed by atoms with Crippen LogP contribution in [-0.2, 0) is 0 Å². The van der Waals surface area contributed by atoms with Crippen LogP contribution in [0.3, 0.4) is 0 Å². The summed E-state index contributed by atoms with van der Waals surface area (Å²) < 4.78 is 0. The Hall–Kier alpha value is -0.0800. The molecule has 2 aliphatic carbocycles. The molecule has 0 amide bonds. The lowest BCUT2D eigenvalue weighted by atomic mass is 9.68. The quantitative estimate of drug-likeness (QED) is 0.676. The van der Waals surface area contributed by atoms with E-state index in [1.807, 2.05) is 0 Å². The van der Waals surface area contributed by atoms with Gasteiger partial charge in [0, 0.05) is 13.1 Å². The minimum absolute atomic E-state index is 0.610. The van der Waals surface area contributed by atoms with Crippen molar-refractivity contribution in [2.75, 3.05) is 26.7 Å². The summed E-state index contributed by atoms with van der Waals surface area (Å²) in [7, 11) is 2.08. The summed E-state index contributed by atoms with van der Waals surface area (Å²) in [6, 6.07) is 0. The maximum absolute atomic E-state index is 3.67. The highest BCUT2D eigenvalue weighted by Gasteiger charge is 2.35. The average molecular weight is 196 g/mol. The first-order valence-electron chi connectivity index (χ1n) is 6.20. The zero-order chi connectivity index (χ0) is 9.86. The highest BCUT2D eigenvalue weighted by atomic mass is 14.9. The molecular weight excluding hydrogens is 172 g/mol. The summed E-state index contributed by atoms with van der Waals surface area (Å²) in [5.41, 5.74) is 0.610. The lowest BCUT2D eigenvalue weighted by molar-refractivity contribution is 0.125. The van der Waals surface area contributed by atoms with E-state index in [0.717, 1.165) is 5.92 Å². The van der Waals surface area contributed by atoms with Crippen LogP contribution in [0.4, 0.5) is 0 Å². The molecule has 82 valence electrons. The van der Waals surface area contributed by atoms with Crippen LogP contribution in [0.1, 0.15) is 38.5 Å². The molecule has 2 saturated carbocycles. The van der Waals surface area contributed by atoms with Crippen LogP contribution in [0.5, 0.6) is 0 Å². The lowest BCUT2D eigenvalue weighted by Crippen LogP contribution is -2.47. The van der Waals surface area contributed by atoms with Gasteiger partial charge in [-0.2, -0.15) is 0 Å². The van der Waals surface area contributed by atoms with Gasteiger partial charge >= 0.3 is 0 Å². The van der Waals surface area contributed by atoms with Crippen molar-refractivity contribution in [3.63, 3.8) is 0 Å². The molecule has 0 aromatic carbocycles. The normalized spacial score (nSPS) is 25.5. The van der Waals surface area contributed by atoms with Crippen molar-refractivity contribution in [2.45, 2.75) is 38.5 Å². The van der Waals surface area contributed by atoms with Crippen LogP contribution >= 0.6 is 0 Å². The fourth-order valence-electron chi connectivity index (χ4n) is 2.71. The maximum Gasteiger partial charge on any atom is 0.00201 e. The van der Waals surface area contributed by atoms with Crippen LogP contribution in [0.15, 0.2) is 0 Å². The molecular formula is C12H24N2. The minimum atomic E-state index is 0.610. The van der Waals surface area contributed by atoms with E-state index in [-0.39, 0.29) is 0 Å². The number of nitrogens with one attached hydrogen (secondary N) is 2. The van der Waals surface area contributed by atoms with Crippen molar-refractivity contribution in [3.05, 3.63) is 0 Å².